The molecule has 3 aromatic carbocycles. The van der Waals surface area contributed by atoms with Gasteiger partial charge in [0.15, 0.2) is 0 Å². The van der Waals surface area contributed by atoms with Crippen molar-refractivity contribution in [1.29, 1.82) is 0 Å². The molecule has 5 rings (SSSR count). The maximum atomic E-state index is 13.6. The minimum atomic E-state index is -1.54. The van der Waals surface area contributed by atoms with Gasteiger partial charge in [0.2, 0.25) is 11.8 Å². The number of aliphatic hydroxyl groups is 4. The van der Waals surface area contributed by atoms with Gasteiger partial charge in [-0.15, -0.1) is 0 Å². The summed E-state index contributed by atoms with van der Waals surface area (Å²) in [6.07, 6.45) is 2.00. The van der Waals surface area contributed by atoms with E-state index in [0.29, 0.717) is 37.8 Å². The molecular weight excluding hydrogens is 577 g/mol. The fourth-order valence-corrected chi connectivity index (χ4v) is 6.17. The fourth-order valence-electron chi connectivity index (χ4n) is 6.17. The lowest BCUT2D eigenvalue weighted by atomic mass is 9.78. The van der Waals surface area contributed by atoms with E-state index in [1.807, 2.05) is 48.5 Å². The number of carbonyl (C=O) groups is 2. The van der Waals surface area contributed by atoms with Gasteiger partial charge in [0.1, 0.15) is 11.4 Å². The van der Waals surface area contributed by atoms with Crippen LogP contribution in [-0.2, 0) is 22.4 Å². The number of anilines is 1. The molecule has 9 nitrogen and oxygen atoms in total. The van der Waals surface area contributed by atoms with Crippen molar-refractivity contribution in [2.24, 2.45) is 5.92 Å². The first kappa shape index (κ1) is 32.7. The van der Waals surface area contributed by atoms with Crippen molar-refractivity contribution in [3.05, 3.63) is 101 Å². The number of halogens is 1. The first-order valence-electron chi connectivity index (χ1n) is 15.6. The largest absolute Gasteiger partial charge is 0.393 e. The van der Waals surface area contributed by atoms with E-state index in [-0.39, 0.29) is 42.1 Å². The van der Waals surface area contributed by atoms with E-state index in [0.717, 1.165) is 35.3 Å². The van der Waals surface area contributed by atoms with Crippen LogP contribution in [0.4, 0.5) is 10.1 Å². The molecule has 3 aromatic rings. The molecule has 0 radical (unpaired) electrons. The molecule has 2 heterocycles. The molecule has 45 heavy (non-hydrogen) atoms. The summed E-state index contributed by atoms with van der Waals surface area (Å²) < 4.78 is 13.4. The Hall–Kier alpha value is -3.67. The number of carbonyl (C=O) groups excluding carboxylic acids is 2. The van der Waals surface area contributed by atoms with Crippen LogP contribution in [0.1, 0.15) is 60.1 Å². The zero-order valence-corrected chi connectivity index (χ0v) is 25.2. The minimum absolute atomic E-state index is 0.0194. The first-order valence-corrected chi connectivity index (χ1v) is 15.6. The SMILES string of the molecule is O=C1NCCNC1CCc1ccc(N2C(=O)[C@H](CC[C@H](O)c3ccc(F)cc3)[C@H]2c2ccc(CCC(O)(CO)CO)cc2)cc1. The maximum Gasteiger partial charge on any atom is 0.237 e. The maximum absolute atomic E-state index is 13.6. The van der Waals surface area contributed by atoms with Gasteiger partial charge in [0.25, 0.3) is 0 Å². The van der Waals surface area contributed by atoms with Crippen LogP contribution < -0.4 is 15.5 Å². The quantitative estimate of drug-likeness (QED) is 0.152. The van der Waals surface area contributed by atoms with E-state index in [2.05, 4.69) is 10.6 Å². The summed E-state index contributed by atoms with van der Waals surface area (Å²) in [6, 6.07) is 20.8. The molecule has 240 valence electrons. The highest BCUT2D eigenvalue weighted by atomic mass is 19.1. The molecule has 6 N–H and O–H groups in total. The number of hydrogen-bond donors (Lipinski definition) is 6. The average molecular weight is 620 g/mol. The first-order chi connectivity index (χ1) is 21.7. The van der Waals surface area contributed by atoms with Crippen molar-refractivity contribution < 1.29 is 34.4 Å². The molecule has 1 unspecified atom stereocenters. The van der Waals surface area contributed by atoms with E-state index in [1.54, 1.807) is 17.0 Å². The summed E-state index contributed by atoms with van der Waals surface area (Å²) in [6.45, 7) is 0.334. The van der Waals surface area contributed by atoms with Crippen LogP contribution in [0.5, 0.6) is 0 Å². The fraction of sp³-hybridized carbons (Fsp3) is 0.429. The summed E-state index contributed by atoms with van der Waals surface area (Å²) in [5.74, 6) is -0.762. The Morgan fingerprint density at radius 2 is 1.51 bits per heavy atom. The zero-order valence-electron chi connectivity index (χ0n) is 25.2. The van der Waals surface area contributed by atoms with Crippen LogP contribution in [0.15, 0.2) is 72.8 Å². The van der Waals surface area contributed by atoms with Crippen LogP contribution in [0.25, 0.3) is 0 Å². The Labute approximate surface area is 262 Å². The number of piperazine rings is 1. The summed E-state index contributed by atoms with van der Waals surface area (Å²) in [4.78, 5) is 27.5. The lowest BCUT2D eigenvalue weighted by molar-refractivity contribution is -0.131. The van der Waals surface area contributed by atoms with Gasteiger partial charge in [0, 0.05) is 18.8 Å². The van der Waals surface area contributed by atoms with Gasteiger partial charge >= 0.3 is 0 Å². The summed E-state index contributed by atoms with van der Waals surface area (Å²) in [5.41, 5.74) is 2.73. The number of aliphatic hydroxyl groups excluding tert-OH is 3. The lowest BCUT2D eigenvalue weighted by Crippen LogP contribution is -2.55. The minimum Gasteiger partial charge on any atom is -0.393 e. The van der Waals surface area contributed by atoms with Crippen molar-refractivity contribution in [1.82, 2.24) is 10.6 Å². The summed E-state index contributed by atoms with van der Waals surface area (Å²) >= 11 is 0. The molecule has 10 heteroatoms. The highest BCUT2D eigenvalue weighted by Crippen LogP contribution is 2.46. The van der Waals surface area contributed by atoms with E-state index in [1.165, 1.54) is 12.1 Å². The third-order valence-corrected chi connectivity index (χ3v) is 9.08. The second-order valence-electron chi connectivity index (χ2n) is 12.2. The normalized spacial score (nSPS) is 20.9. The van der Waals surface area contributed by atoms with E-state index < -0.39 is 24.9 Å². The molecular formula is C35H42FN3O6. The lowest BCUT2D eigenvalue weighted by Gasteiger charge is -2.48. The Bertz CT molecular complexity index is 1430. The van der Waals surface area contributed by atoms with Crippen molar-refractivity contribution in [3.8, 4) is 0 Å². The topological polar surface area (TPSA) is 142 Å². The van der Waals surface area contributed by atoms with E-state index in [4.69, 9.17) is 0 Å². The molecule has 0 aliphatic carbocycles. The van der Waals surface area contributed by atoms with E-state index >= 15 is 0 Å². The van der Waals surface area contributed by atoms with Gasteiger partial charge < -0.3 is 36.0 Å². The van der Waals surface area contributed by atoms with Crippen molar-refractivity contribution in [2.45, 2.75) is 62.3 Å². The number of rotatable bonds is 14. The van der Waals surface area contributed by atoms with Crippen LogP contribution in [0.3, 0.4) is 0 Å². The van der Waals surface area contributed by atoms with Crippen LogP contribution in [0.2, 0.25) is 0 Å². The van der Waals surface area contributed by atoms with Gasteiger partial charge in [-0.25, -0.2) is 4.39 Å². The van der Waals surface area contributed by atoms with Gasteiger partial charge in [0.05, 0.1) is 37.3 Å². The number of hydrogen-bond acceptors (Lipinski definition) is 7. The second-order valence-corrected chi connectivity index (χ2v) is 12.2. The number of nitrogens with zero attached hydrogens (tertiary/aromatic N) is 1. The van der Waals surface area contributed by atoms with Crippen LogP contribution in [0, 0.1) is 11.7 Å². The second kappa shape index (κ2) is 14.6. The molecule has 2 aliphatic rings. The molecule has 2 fully saturated rings. The Morgan fingerprint density at radius 3 is 2.16 bits per heavy atom. The van der Waals surface area contributed by atoms with Gasteiger partial charge in [-0.1, -0.05) is 48.5 Å². The smallest absolute Gasteiger partial charge is 0.237 e. The molecule has 2 saturated heterocycles. The molecule has 0 saturated carbocycles. The zero-order chi connectivity index (χ0) is 32.0. The predicted molar refractivity (Wildman–Crippen MR) is 168 cm³/mol. The van der Waals surface area contributed by atoms with Crippen LogP contribution >= 0.6 is 0 Å². The molecule has 0 aromatic heterocycles. The monoisotopic (exact) mass is 619 g/mol. The molecule has 2 aliphatic heterocycles. The van der Waals surface area contributed by atoms with Crippen molar-refractivity contribution in [2.75, 3.05) is 31.2 Å². The Morgan fingerprint density at radius 1 is 0.867 bits per heavy atom. The predicted octanol–water partition coefficient (Wildman–Crippen LogP) is 2.71. The molecule has 4 atom stereocenters. The summed E-state index contributed by atoms with van der Waals surface area (Å²) in [7, 11) is 0. The van der Waals surface area contributed by atoms with Crippen LogP contribution in [-0.4, -0.2) is 70.2 Å². The van der Waals surface area contributed by atoms with Crippen molar-refractivity contribution in [3.63, 3.8) is 0 Å². The molecule has 0 bridgehead atoms. The van der Waals surface area contributed by atoms with Gasteiger partial charge in [-0.05, 0) is 85.0 Å². The Balaban J connectivity index is 1.30. The van der Waals surface area contributed by atoms with E-state index in [9.17, 15) is 34.4 Å². The highest BCUT2D eigenvalue weighted by Gasteiger charge is 2.48. The standard InChI is InChI=1S/C35H42FN3O6/c36-27-10-8-25(9-11-27)31(42)16-14-29-32(26-6-1-24(2-7-26)17-18-35(45,21-40)22-41)39(34(29)44)28-12-3-23(4-13-28)5-15-30-33(43)38-20-19-37-30/h1-4,6-13,29-32,37,40-42,45H,5,14-22H2,(H,38,43)/t29-,30?,31+,32-/m1/s1. The summed E-state index contributed by atoms with van der Waals surface area (Å²) in [5, 5.41) is 45.9. The number of nitrogens with one attached hydrogen (secondary N) is 2. The van der Waals surface area contributed by atoms with Crippen molar-refractivity contribution >= 4 is 17.5 Å². The average Bonchev–Trinajstić information content (AvgIpc) is 3.07. The third kappa shape index (κ3) is 7.77. The number of benzene rings is 3. The van der Waals surface area contributed by atoms with Gasteiger partial charge in [-0.2, -0.15) is 0 Å². The number of aryl methyl sites for hydroxylation is 2. The molecule has 0 spiro atoms. The number of amides is 2. The highest BCUT2D eigenvalue weighted by molar-refractivity contribution is 6.03. The Kier molecular flexibility index (Phi) is 10.6. The third-order valence-electron chi connectivity index (χ3n) is 9.08. The molecule has 2 amide bonds. The van der Waals surface area contributed by atoms with Gasteiger partial charge in [-0.3, -0.25) is 9.59 Å². The number of β-lactam (4-membered cyclic amide) rings is 1.